The molecule has 0 aliphatic heterocycles. The van der Waals surface area contributed by atoms with E-state index in [1.54, 1.807) is 0 Å². The van der Waals surface area contributed by atoms with Crippen LogP contribution in [0.15, 0.2) is 12.5 Å². The summed E-state index contributed by atoms with van der Waals surface area (Å²) in [5, 5.41) is 0. The number of imidazole rings is 1. The highest BCUT2D eigenvalue weighted by Gasteiger charge is 2.18. The van der Waals surface area contributed by atoms with E-state index in [0.717, 1.165) is 6.54 Å². The zero-order valence-electron chi connectivity index (χ0n) is 9.33. The molecule has 0 atom stereocenters. The summed E-state index contributed by atoms with van der Waals surface area (Å²) >= 11 is 0. The first-order valence-electron chi connectivity index (χ1n) is 4.92. The molecule has 0 amide bonds. The van der Waals surface area contributed by atoms with Gasteiger partial charge in [0.2, 0.25) is 0 Å². The van der Waals surface area contributed by atoms with Gasteiger partial charge in [0, 0.05) is 23.9 Å². The van der Waals surface area contributed by atoms with Crippen LogP contribution in [0.4, 0.5) is 0 Å². The molecule has 1 heterocycles. The third-order valence-electron chi connectivity index (χ3n) is 2.04. The maximum atomic E-state index is 4.20. The Hall–Kier alpha value is -0.790. The minimum Gasteiger partial charge on any atom is -0.334 e. The van der Waals surface area contributed by atoms with Crippen LogP contribution in [-0.2, 0) is 12.0 Å². The Bertz CT molecular complexity index is 266. The van der Waals surface area contributed by atoms with E-state index in [-0.39, 0.29) is 5.41 Å². The van der Waals surface area contributed by atoms with E-state index in [9.17, 15) is 0 Å². The van der Waals surface area contributed by atoms with Crippen LogP contribution in [-0.4, -0.2) is 9.55 Å². The van der Waals surface area contributed by atoms with Gasteiger partial charge in [-0.15, -0.1) is 0 Å². The molecule has 74 valence electrons. The molecule has 1 aromatic rings. The van der Waals surface area contributed by atoms with Crippen LogP contribution in [0.1, 0.15) is 40.3 Å². The molecular formula is C11H20N2. The molecule has 0 saturated carbocycles. The van der Waals surface area contributed by atoms with Gasteiger partial charge in [-0.2, -0.15) is 0 Å². The van der Waals surface area contributed by atoms with Crippen molar-refractivity contribution in [2.75, 3.05) is 0 Å². The van der Waals surface area contributed by atoms with Gasteiger partial charge in [-0.25, -0.2) is 4.98 Å². The predicted octanol–water partition coefficient (Wildman–Crippen LogP) is 2.84. The molecule has 1 rings (SSSR count). The molecule has 0 saturated heterocycles. The van der Waals surface area contributed by atoms with Crippen molar-refractivity contribution in [3.05, 3.63) is 18.2 Å². The third-order valence-corrected chi connectivity index (χ3v) is 2.04. The van der Waals surface area contributed by atoms with Crippen molar-refractivity contribution in [1.82, 2.24) is 9.55 Å². The summed E-state index contributed by atoms with van der Waals surface area (Å²) < 4.78 is 2.25. The topological polar surface area (TPSA) is 17.8 Å². The average Bonchev–Trinajstić information content (AvgIpc) is 2.31. The molecule has 0 aromatic carbocycles. The van der Waals surface area contributed by atoms with E-state index in [1.165, 1.54) is 5.69 Å². The number of hydrogen-bond acceptors (Lipinski definition) is 1. The second kappa shape index (κ2) is 3.52. The van der Waals surface area contributed by atoms with Crippen molar-refractivity contribution in [2.45, 2.75) is 46.6 Å². The van der Waals surface area contributed by atoms with Gasteiger partial charge in [0.25, 0.3) is 0 Å². The minimum absolute atomic E-state index is 0.200. The summed E-state index contributed by atoms with van der Waals surface area (Å²) in [4.78, 5) is 4.20. The molecule has 2 nitrogen and oxygen atoms in total. The first-order chi connectivity index (χ1) is 5.91. The van der Waals surface area contributed by atoms with E-state index in [1.807, 2.05) is 12.5 Å². The zero-order valence-corrected chi connectivity index (χ0v) is 9.33. The highest BCUT2D eigenvalue weighted by Crippen LogP contribution is 2.22. The SMILES string of the molecule is CC(C)Cn1cncc1C(C)(C)C. The Morgan fingerprint density at radius 3 is 2.46 bits per heavy atom. The molecule has 13 heavy (non-hydrogen) atoms. The largest absolute Gasteiger partial charge is 0.334 e. The average molecular weight is 180 g/mol. The summed E-state index contributed by atoms with van der Waals surface area (Å²) in [6, 6.07) is 0. The van der Waals surface area contributed by atoms with Crippen LogP contribution < -0.4 is 0 Å². The lowest BCUT2D eigenvalue weighted by atomic mass is 9.92. The van der Waals surface area contributed by atoms with Gasteiger partial charge >= 0.3 is 0 Å². The van der Waals surface area contributed by atoms with Crippen molar-refractivity contribution in [2.24, 2.45) is 5.92 Å². The van der Waals surface area contributed by atoms with Crippen LogP contribution in [0, 0.1) is 5.92 Å². The van der Waals surface area contributed by atoms with Gasteiger partial charge in [-0.1, -0.05) is 34.6 Å². The Morgan fingerprint density at radius 1 is 1.38 bits per heavy atom. The summed E-state index contributed by atoms with van der Waals surface area (Å²) in [6.07, 6.45) is 3.91. The summed E-state index contributed by atoms with van der Waals surface area (Å²) in [6.45, 7) is 12.2. The van der Waals surface area contributed by atoms with Crippen molar-refractivity contribution < 1.29 is 0 Å². The van der Waals surface area contributed by atoms with Gasteiger partial charge in [0.05, 0.1) is 6.33 Å². The molecule has 0 aliphatic rings. The molecule has 0 bridgehead atoms. The van der Waals surface area contributed by atoms with Crippen LogP contribution in [0.3, 0.4) is 0 Å². The second-order valence-corrected chi connectivity index (χ2v) is 5.08. The van der Waals surface area contributed by atoms with Crippen LogP contribution in [0.2, 0.25) is 0 Å². The second-order valence-electron chi connectivity index (χ2n) is 5.08. The number of nitrogens with zero attached hydrogens (tertiary/aromatic N) is 2. The number of rotatable bonds is 2. The normalized spacial score (nSPS) is 12.5. The Labute approximate surface area is 81.0 Å². The maximum absolute atomic E-state index is 4.20. The van der Waals surface area contributed by atoms with Gasteiger partial charge in [0.15, 0.2) is 0 Å². The molecule has 0 N–H and O–H groups in total. The van der Waals surface area contributed by atoms with Gasteiger partial charge in [-0.3, -0.25) is 0 Å². The zero-order chi connectivity index (χ0) is 10.1. The highest BCUT2D eigenvalue weighted by atomic mass is 15.1. The Morgan fingerprint density at radius 2 is 2.00 bits per heavy atom. The predicted molar refractivity (Wildman–Crippen MR) is 55.8 cm³/mol. The monoisotopic (exact) mass is 180 g/mol. The van der Waals surface area contributed by atoms with Crippen molar-refractivity contribution in [3.8, 4) is 0 Å². The Kier molecular flexibility index (Phi) is 2.79. The minimum atomic E-state index is 0.200. The molecule has 0 unspecified atom stereocenters. The van der Waals surface area contributed by atoms with E-state index in [2.05, 4.69) is 44.2 Å². The van der Waals surface area contributed by atoms with Crippen LogP contribution in [0.25, 0.3) is 0 Å². The Balaban J connectivity index is 2.90. The lowest BCUT2D eigenvalue weighted by Gasteiger charge is -2.21. The van der Waals surface area contributed by atoms with Crippen LogP contribution >= 0.6 is 0 Å². The lowest BCUT2D eigenvalue weighted by molar-refractivity contribution is 0.462. The number of aromatic nitrogens is 2. The maximum Gasteiger partial charge on any atom is 0.0948 e. The molecular weight excluding hydrogens is 160 g/mol. The molecule has 1 aromatic heterocycles. The number of hydrogen-bond donors (Lipinski definition) is 0. The van der Waals surface area contributed by atoms with Gasteiger partial charge in [0.1, 0.15) is 0 Å². The molecule has 0 fully saturated rings. The molecule has 2 heteroatoms. The summed E-state index contributed by atoms with van der Waals surface area (Å²) in [7, 11) is 0. The van der Waals surface area contributed by atoms with E-state index in [0.29, 0.717) is 5.92 Å². The third kappa shape index (κ3) is 2.58. The summed E-state index contributed by atoms with van der Waals surface area (Å²) in [5.74, 6) is 0.676. The van der Waals surface area contributed by atoms with Gasteiger partial charge in [-0.05, 0) is 5.92 Å². The fourth-order valence-electron chi connectivity index (χ4n) is 1.48. The van der Waals surface area contributed by atoms with E-state index >= 15 is 0 Å². The first kappa shape index (κ1) is 10.3. The fraction of sp³-hybridized carbons (Fsp3) is 0.727. The smallest absolute Gasteiger partial charge is 0.0948 e. The van der Waals surface area contributed by atoms with E-state index in [4.69, 9.17) is 0 Å². The quantitative estimate of drug-likeness (QED) is 0.684. The fourth-order valence-corrected chi connectivity index (χ4v) is 1.48. The van der Waals surface area contributed by atoms with Crippen molar-refractivity contribution in [1.29, 1.82) is 0 Å². The molecule has 0 spiro atoms. The molecule has 0 aliphatic carbocycles. The van der Waals surface area contributed by atoms with E-state index < -0.39 is 0 Å². The molecule has 0 radical (unpaired) electrons. The van der Waals surface area contributed by atoms with Crippen LogP contribution in [0.5, 0.6) is 0 Å². The highest BCUT2D eigenvalue weighted by molar-refractivity contribution is 5.10. The first-order valence-corrected chi connectivity index (χ1v) is 4.92. The summed E-state index contributed by atoms with van der Waals surface area (Å²) in [5.41, 5.74) is 1.52. The van der Waals surface area contributed by atoms with Crippen molar-refractivity contribution in [3.63, 3.8) is 0 Å². The lowest BCUT2D eigenvalue weighted by Crippen LogP contribution is -2.18. The van der Waals surface area contributed by atoms with Gasteiger partial charge < -0.3 is 4.57 Å². The standard InChI is InChI=1S/C11H20N2/c1-9(2)7-13-8-12-6-10(13)11(3,4)5/h6,8-9H,7H2,1-5H3. The van der Waals surface area contributed by atoms with Crippen molar-refractivity contribution >= 4 is 0 Å².